The van der Waals surface area contributed by atoms with Crippen molar-refractivity contribution >= 4 is 0 Å². The fourth-order valence-electron chi connectivity index (χ4n) is 3.94. The van der Waals surface area contributed by atoms with E-state index in [9.17, 15) is 0 Å². The SMILES string of the molecule is CCC1(CC)CN(CC2CCN(C(C)C)C2)CCCN1. The van der Waals surface area contributed by atoms with Crippen LogP contribution >= 0.6 is 0 Å². The molecular formula is C17H35N3. The third-order valence-electron chi connectivity index (χ3n) is 5.59. The minimum Gasteiger partial charge on any atom is -0.310 e. The molecule has 1 N–H and O–H groups in total. The second-order valence-corrected chi connectivity index (χ2v) is 7.25. The Labute approximate surface area is 126 Å². The Morgan fingerprint density at radius 2 is 1.95 bits per heavy atom. The first-order valence-electron chi connectivity index (χ1n) is 8.80. The lowest BCUT2D eigenvalue weighted by Crippen LogP contribution is -2.51. The molecule has 118 valence electrons. The summed E-state index contributed by atoms with van der Waals surface area (Å²) in [5.41, 5.74) is 0.368. The van der Waals surface area contributed by atoms with Gasteiger partial charge < -0.3 is 15.1 Å². The van der Waals surface area contributed by atoms with Crippen LogP contribution in [0.1, 0.15) is 53.4 Å². The van der Waals surface area contributed by atoms with Gasteiger partial charge in [-0.2, -0.15) is 0 Å². The summed E-state index contributed by atoms with van der Waals surface area (Å²) >= 11 is 0. The summed E-state index contributed by atoms with van der Waals surface area (Å²) in [6.07, 6.45) is 5.21. The highest BCUT2D eigenvalue weighted by molar-refractivity contribution is 4.92. The standard InChI is InChI=1S/C17H35N3/c1-5-17(6-2)14-19(10-7-9-18-17)12-16-8-11-20(13-16)15(3)4/h15-16,18H,5-14H2,1-4H3. The Balaban J connectivity index is 1.88. The van der Waals surface area contributed by atoms with Crippen LogP contribution in [0, 0.1) is 5.92 Å². The molecule has 0 spiro atoms. The maximum Gasteiger partial charge on any atom is 0.0303 e. The van der Waals surface area contributed by atoms with Gasteiger partial charge in [-0.05, 0) is 65.1 Å². The summed E-state index contributed by atoms with van der Waals surface area (Å²) < 4.78 is 0. The number of hydrogen-bond donors (Lipinski definition) is 1. The van der Waals surface area contributed by atoms with Crippen molar-refractivity contribution in [1.82, 2.24) is 15.1 Å². The molecule has 0 aromatic rings. The van der Waals surface area contributed by atoms with E-state index >= 15 is 0 Å². The van der Waals surface area contributed by atoms with Crippen LogP contribution in [0.3, 0.4) is 0 Å². The van der Waals surface area contributed by atoms with Gasteiger partial charge in [0.15, 0.2) is 0 Å². The monoisotopic (exact) mass is 281 g/mol. The minimum absolute atomic E-state index is 0.368. The summed E-state index contributed by atoms with van der Waals surface area (Å²) in [6, 6.07) is 0.719. The smallest absolute Gasteiger partial charge is 0.0303 e. The normalized spacial score (nSPS) is 28.9. The third-order valence-corrected chi connectivity index (χ3v) is 5.59. The van der Waals surface area contributed by atoms with Crippen LogP contribution in [0.5, 0.6) is 0 Å². The van der Waals surface area contributed by atoms with Crippen LogP contribution in [0.4, 0.5) is 0 Å². The van der Waals surface area contributed by atoms with Crippen LogP contribution in [-0.2, 0) is 0 Å². The number of likely N-dealkylation sites (tertiary alicyclic amines) is 1. The van der Waals surface area contributed by atoms with E-state index in [1.165, 1.54) is 65.0 Å². The van der Waals surface area contributed by atoms with Gasteiger partial charge in [0.2, 0.25) is 0 Å². The highest BCUT2D eigenvalue weighted by atomic mass is 15.2. The molecule has 0 radical (unpaired) electrons. The van der Waals surface area contributed by atoms with E-state index in [1.54, 1.807) is 0 Å². The molecule has 2 aliphatic rings. The quantitative estimate of drug-likeness (QED) is 0.835. The zero-order valence-electron chi connectivity index (χ0n) is 14.1. The van der Waals surface area contributed by atoms with E-state index < -0.39 is 0 Å². The first-order valence-corrected chi connectivity index (χ1v) is 8.80. The van der Waals surface area contributed by atoms with Crippen molar-refractivity contribution < 1.29 is 0 Å². The highest BCUT2D eigenvalue weighted by Crippen LogP contribution is 2.24. The van der Waals surface area contributed by atoms with Gasteiger partial charge in [-0.15, -0.1) is 0 Å². The molecule has 2 rings (SSSR count). The summed E-state index contributed by atoms with van der Waals surface area (Å²) in [4.78, 5) is 5.40. The molecule has 2 heterocycles. The van der Waals surface area contributed by atoms with Gasteiger partial charge in [0, 0.05) is 31.2 Å². The summed E-state index contributed by atoms with van der Waals surface area (Å²) in [5.74, 6) is 0.891. The molecule has 0 aliphatic carbocycles. The zero-order valence-corrected chi connectivity index (χ0v) is 14.1. The number of hydrogen-bond acceptors (Lipinski definition) is 3. The summed E-state index contributed by atoms with van der Waals surface area (Å²) in [5, 5.41) is 3.82. The number of nitrogens with zero attached hydrogens (tertiary/aromatic N) is 2. The maximum atomic E-state index is 3.82. The van der Waals surface area contributed by atoms with E-state index in [0.717, 1.165) is 12.0 Å². The van der Waals surface area contributed by atoms with Crippen molar-refractivity contribution in [2.75, 3.05) is 39.3 Å². The van der Waals surface area contributed by atoms with Crippen LogP contribution < -0.4 is 5.32 Å². The maximum absolute atomic E-state index is 3.82. The van der Waals surface area contributed by atoms with Gasteiger partial charge in [-0.1, -0.05) is 13.8 Å². The number of nitrogens with one attached hydrogen (secondary N) is 1. The molecule has 3 heteroatoms. The second-order valence-electron chi connectivity index (χ2n) is 7.25. The van der Waals surface area contributed by atoms with Gasteiger partial charge in [0.25, 0.3) is 0 Å². The van der Waals surface area contributed by atoms with Crippen LogP contribution in [0.25, 0.3) is 0 Å². The average Bonchev–Trinajstić information content (AvgIpc) is 2.80. The van der Waals surface area contributed by atoms with Gasteiger partial charge in [-0.25, -0.2) is 0 Å². The fraction of sp³-hybridized carbons (Fsp3) is 1.00. The molecule has 0 bridgehead atoms. The molecule has 2 saturated heterocycles. The third kappa shape index (κ3) is 3.96. The van der Waals surface area contributed by atoms with E-state index in [2.05, 4.69) is 42.8 Å². The Morgan fingerprint density at radius 1 is 1.20 bits per heavy atom. The molecule has 0 aromatic heterocycles. The lowest BCUT2D eigenvalue weighted by Gasteiger charge is -2.36. The molecular weight excluding hydrogens is 246 g/mol. The van der Waals surface area contributed by atoms with E-state index in [0.29, 0.717) is 5.54 Å². The van der Waals surface area contributed by atoms with Crippen LogP contribution in [-0.4, -0.2) is 60.6 Å². The first kappa shape index (κ1) is 16.3. The Bertz CT molecular complexity index is 286. The van der Waals surface area contributed by atoms with E-state index in [1.807, 2.05) is 0 Å². The largest absolute Gasteiger partial charge is 0.310 e. The lowest BCUT2D eigenvalue weighted by molar-refractivity contribution is 0.171. The molecule has 3 nitrogen and oxygen atoms in total. The molecule has 0 aromatic carbocycles. The van der Waals surface area contributed by atoms with Crippen LogP contribution in [0.15, 0.2) is 0 Å². The molecule has 2 fully saturated rings. The topological polar surface area (TPSA) is 18.5 Å². The van der Waals surface area contributed by atoms with Gasteiger partial charge in [0.05, 0.1) is 0 Å². The minimum atomic E-state index is 0.368. The van der Waals surface area contributed by atoms with Gasteiger partial charge in [0.1, 0.15) is 0 Å². The van der Waals surface area contributed by atoms with E-state index in [4.69, 9.17) is 0 Å². The zero-order chi connectivity index (χ0) is 14.6. The van der Waals surface area contributed by atoms with Crippen molar-refractivity contribution in [2.24, 2.45) is 5.92 Å². The van der Waals surface area contributed by atoms with Crippen LogP contribution in [0.2, 0.25) is 0 Å². The van der Waals surface area contributed by atoms with E-state index in [-0.39, 0.29) is 0 Å². The fourth-order valence-corrected chi connectivity index (χ4v) is 3.94. The Morgan fingerprint density at radius 3 is 2.55 bits per heavy atom. The average molecular weight is 281 g/mol. The highest BCUT2D eigenvalue weighted by Gasteiger charge is 2.32. The van der Waals surface area contributed by atoms with Gasteiger partial charge >= 0.3 is 0 Å². The predicted molar refractivity (Wildman–Crippen MR) is 87.2 cm³/mol. The predicted octanol–water partition coefficient (Wildman–Crippen LogP) is 2.57. The van der Waals surface area contributed by atoms with Crippen molar-refractivity contribution in [3.63, 3.8) is 0 Å². The Hall–Kier alpha value is -0.120. The van der Waals surface area contributed by atoms with Crippen molar-refractivity contribution in [2.45, 2.75) is 65.0 Å². The molecule has 1 unspecified atom stereocenters. The van der Waals surface area contributed by atoms with Gasteiger partial charge in [-0.3, -0.25) is 0 Å². The molecule has 2 aliphatic heterocycles. The first-order chi connectivity index (χ1) is 9.58. The van der Waals surface area contributed by atoms with Crippen molar-refractivity contribution in [1.29, 1.82) is 0 Å². The van der Waals surface area contributed by atoms with Crippen molar-refractivity contribution in [3.05, 3.63) is 0 Å². The summed E-state index contributed by atoms with van der Waals surface area (Å²) in [7, 11) is 0. The number of rotatable bonds is 5. The molecule has 0 amide bonds. The molecule has 0 saturated carbocycles. The molecule has 1 atom stereocenters. The molecule has 20 heavy (non-hydrogen) atoms. The van der Waals surface area contributed by atoms with Crippen molar-refractivity contribution in [3.8, 4) is 0 Å². The lowest BCUT2D eigenvalue weighted by atomic mass is 9.92. The second kappa shape index (κ2) is 7.24. The summed E-state index contributed by atoms with van der Waals surface area (Å²) in [6.45, 7) is 17.0. The Kier molecular flexibility index (Phi) is 5.88.